The second-order valence-electron chi connectivity index (χ2n) is 8.76. The zero-order valence-electron chi connectivity index (χ0n) is 18.8. The smallest absolute Gasteiger partial charge is 0.228 e. The number of hydrogen-bond donors (Lipinski definition) is 0. The monoisotopic (exact) mass is 429 g/mol. The number of aromatic nitrogens is 1. The van der Waals surface area contributed by atoms with E-state index >= 15 is 0 Å². The molecule has 2 heterocycles. The number of carbonyl (C=O) groups excluding carboxylic acids is 1. The van der Waals surface area contributed by atoms with Crippen molar-refractivity contribution in [2.24, 2.45) is 11.8 Å². The molecule has 0 unspecified atom stereocenters. The predicted molar refractivity (Wildman–Crippen MR) is 123 cm³/mol. The summed E-state index contributed by atoms with van der Waals surface area (Å²) in [6.07, 6.45) is 2.68. The minimum Gasteiger partial charge on any atom is -0.496 e. The number of thiazole rings is 1. The maximum absolute atomic E-state index is 13.0. The van der Waals surface area contributed by atoms with E-state index in [1.165, 1.54) is 5.56 Å². The first-order valence-corrected chi connectivity index (χ1v) is 11.9. The number of para-hydroxylation sites is 1. The van der Waals surface area contributed by atoms with Gasteiger partial charge in [0.1, 0.15) is 5.75 Å². The number of carbonyl (C=O) groups is 1. The van der Waals surface area contributed by atoms with E-state index in [1.807, 2.05) is 24.4 Å². The van der Waals surface area contributed by atoms with Gasteiger partial charge in [-0.25, -0.2) is 4.98 Å². The fraction of sp³-hybridized carbons (Fsp3) is 0.583. The number of piperidine rings is 1. The van der Waals surface area contributed by atoms with Crippen LogP contribution >= 0.6 is 11.3 Å². The summed E-state index contributed by atoms with van der Waals surface area (Å²) in [7, 11) is 1.73. The fourth-order valence-corrected chi connectivity index (χ4v) is 4.80. The van der Waals surface area contributed by atoms with Crippen molar-refractivity contribution in [1.82, 2.24) is 14.8 Å². The lowest BCUT2D eigenvalue weighted by Gasteiger charge is -2.35. The molecule has 164 valence electrons. The Bertz CT molecular complexity index is 812. The summed E-state index contributed by atoms with van der Waals surface area (Å²) in [5, 5.41) is 3.03. The largest absolute Gasteiger partial charge is 0.496 e. The third-order valence-corrected chi connectivity index (χ3v) is 6.53. The van der Waals surface area contributed by atoms with Gasteiger partial charge in [0, 0.05) is 30.6 Å². The molecule has 1 aromatic heterocycles. The molecule has 0 radical (unpaired) electrons. The first kappa shape index (κ1) is 22.8. The molecule has 1 fully saturated rings. The van der Waals surface area contributed by atoms with Crippen molar-refractivity contribution in [2.75, 3.05) is 33.3 Å². The third kappa shape index (κ3) is 6.54. The van der Waals surface area contributed by atoms with Crippen LogP contribution < -0.4 is 4.74 Å². The van der Waals surface area contributed by atoms with Crippen LogP contribution in [0.3, 0.4) is 0 Å². The maximum atomic E-state index is 13.0. The van der Waals surface area contributed by atoms with E-state index in [-0.39, 0.29) is 5.91 Å². The van der Waals surface area contributed by atoms with E-state index in [1.54, 1.807) is 18.4 Å². The minimum atomic E-state index is 0.213. The maximum Gasteiger partial charge on any atom is 0.228 e. The molecule has 0 N–H and O–H groups in total. The number of methoxy groups -OCH3 is 1. The molecule has 0 aliphatic carbocycles. The van der Waals surface area contributed by atoms with Crippen LogP contribution in [-0.2, 0) is 17.8 Å². The number of likely N-dealkylation sites (tertiary alicyclic amines) is 1. The van der Waals surface area contributed by atoms with E-state index < -0.39 is 0 Å². The summed E-state index contributed by atoms with van der Waals surface area (Å²) in [4.78, 5) is 22.0. The number of benzene rings is 1. The Morgan fingerprint density at radius 3 is 2.67 bits per heavy atom. The lowest BCUT2D eigenvalue weighted by atomic mass is 9.95. The van der Waals surface area contributed by atoms with Gasteiger partial charge in [-0.1, -0.05) is 32.0 Å². The van der Waals surface area contributed by atoms with Crippen molar-refractivity contribution < 1.29 is 9.53 Å². The van der Waals surface area contributed by atoms with Crippen LogP contribution in [0.2, 0.25) is 0 Å². The van der Waals surface area contributed by atoms with Crippen LogP contribution in [-0.4, -0.2) is 54.0 Å². The van der Waals surface area contributed by atoms with Gasteiger partial charge in [0.2, 0.25) is 5.91 Å². The van der Waals surface area contributed by atoms with Crippen LogP contribution in [0.1, 0.15) is 43.0 Å². The number of nitrogens with zero attached hydrogens (tertiary/aromatic N) is 3. The van der Waals surface area contributed by atoms with Gasteiger partial charge >= 0.3 is 0 Å². The van der Waals surface area contributed by atoms with E-state index in [9.17, 15) is 4.79 Å². The van der Waals surface area contributed by atoms with Gasteiger partial charge in [0.05, 0.1) is 24.2 Å². The highest BCUT2D eigenvalue weighted by molar-refractivity contribution is 7.09. The Balaban J connectivity index is 1.53. The third-order valence-electron chi connectivity index (χ3n) is 5.71. The summed E-state index contributed by atoms with van der Waals surface area (Å²) in [5.41, 5.74) is 2.15. The molecule has 0 saturated carbocycles. The van der Waals surface area contributed by atoms with Crippen LogP contribution in [0.5, 0.6) is 5.75 Å². The molecule has 1 aromatic carbocycles. The second-order valence-corrected chi connectivity index (χ2v) is 9.82. The van der Waals surface area contributed by atoms with Crippen molar-refractivity contribution >= 4 is 17.2 Å². The lowest BCUT2D eigenvalue weighted by Crippen LogP contribution is -2.42. The summed E-state index contributed by atoms with van der Waals surface area (Å²) in [6.45, 7) is 11.1. The van der Waals surface area contributed by atoms with Gasteiger partial charge < -0.3 is 9.64 Å². The second kappa shape index (κ2) is 10.9. The Hall–Kier alpha value is -1.92. The number of hydrogen-bond acceptors (Lipinski definition) is 5. The van der Waals surface area contributed by atoms with Gasteiger partial charge in [-0.05, 0) is 50.8 Å². The molecule has 0 atom stereocenters. The van der Waals surface area contributed by atoms with Crippen molar-refractivity contribution in [3.63, 3.8) is 0 Å². The average Bonchev–Trinajstić information content (AvgIpc) is 3.13. The minimum absolute atomic E-state index is 0.213. The van der Waals surface area contributed by atoms with Gasteiger partial charge in [-0.3, -0.25) is 9.69 Å². The van der Waals surface area contributed by atoms with E-state index in [2.05, 4.69) is 40.8 Å². The molecule has 0 spiro atoms. The highest BCUT2D eigenvalue weighted by atomic mass is 32.1. The molecule has 1 aliphatic heterocycles. The van der Waals surface area contributed by atoms with Crippen molar-refractivity contribution in [3.05, 3.63) is 45.9 Å². The van der Waals surface area contributed by atoms with Crippen molar-refractivity contribution in [1.29, 1.82) is 0 Å². The Labute approximate surface area is 185 Å². The molecule has 1 aliphatic rings. The van der Waals surface area contributed by atoms with Gasteiger partial charge in [0.15, 0.2) is 0 Å². The molecule has 5 nitrogen and oxygen atoms in total. The highest BCUT2D eigenvalue weighted by Crippen LogP contribution is 2.24. The number of ether oxygens (including phenoxy) is 1. The van der Waals surface area contributed by atoms with E-state index in [0.29, 0.717) is 18.3 Å². The van der Waals surface area contributed by atoms with Crippen LogP contribution in [0.25, 0.3) is 0 Å². The summed E-state index contributed by atoms with van der Waals surface area (Å²) >= 11 is 1.61. The van der Waals surface area contributed by atoms with Crippen molar-refractivity contribution in [2.45, 2.75) is 46.6 Å². The van der Waals surface area contributed by atoms with Crippen LogP contribution in [0.15, 0.2) is 29.6 Å². The molecule has 30 heavy (non-hydrogen) atoms. The standard InChI is InChI=1S/C24H35N3O2S/c1-18(2)14-27(24(28)13-22-17-30-19(3)25-22)15-20-9-11-26(12-10-20)16-21-7-5-6-8-23(21)29-4/h5-8,17-18,20H,9-16H2,1-4H3. The van der Waals surface area contributed by atoms with Crippen LogP contribution in [0.4, 0.5) is 0 Å². The Kier molecular flexibility index (Phi) is 8.28. The highest BCUT2D eigenvalue weighted by Gasteiger charge is 2.25. The molecule has 2 aromatic rings. The molecule has 6 heteroatoms. The topological polar surface area (TPSA) is 45.7 Å². The Morgan fingerprint density at radius 2 is 2.03 bits per heavy atom. The lowest BCUT2D eigenvalue weighted by molar-refractivity contribution is -0.132. The van der Waals surface area contributed by atoms with Crippen LogP contribution in [0, 0.1) is 18.8 Å². The molecule has 0 bridgehead atoms. The van der Waals surface area contributed by atoms with Gasteiger partial charge in [-0.15, -0.1) is 11.3 Å². The number of aryl methyl sites for hydroxylation is 1. The van der Waals surface area contributed by atoms with Crippen molar-refractivity contribution in [3.8, 4) is 5.75 Å². The molecule has 1 saturated heterocycles. The SMILES string of the molecule is COc1ccccc1CN1CCC(CN(CC(C)C)C(=O)Cc2csc(C)n2)CC1. The molecular formula is C24H35N3O2S. The number of amides is 1. The van der Waals surface area contributed by atoms with Gasteiger partial charge in [-0.2, -0.15) is 0 Å². The molecule has 1 amide bonds. The first-order chi connectivity index (χ1) is 14.4. The number of rotatable bonds is 9. The molecular weight excluding hydrogens is 394 g/mol. The zero-order valence-corrected chi connectivity index (χ0v) is 19.6. The van der Waals surface area contributed by atoms with E-state index in [4.69, 9.17) is 4.74 Å². The quantitative estimate of drug-likeness (QED) is 0.593. The van der Waals surface area contributed by atoms with E-state index in [0.717, 1.165) is 62.0 Å². The zero-order chi connectivity index (χ0) is 21.5. The summed E-state index contributed by atoms with van der Waals surface area (Å²) in [5.74, 6) is 2.21. The summed E-state index contributed by atoms with van der Waals surface area (Å²) in [6, 6.07) is 8.27. The fourth-order valence-electron chi connectivity index (χ4n) is 4.19. The average molecular weight is 430 g/mol. The first-order valence-electron chi connectivity index (χ1n) is 11.0. The Morgan fingerprint density at radius 1 is 1.30 bits per heavy atom. The summed E-state index contributed by atoms with van der Waals surface area (Å²) < 4.78 is 5.50. The molecule has 3 rings (SSSR count). The predicted octanol–water partition coefficient (Wildman–Crippen LogP) is 4.40. The normalized spacial score (nSPS) is 15.5. The van der Waals surface area contributed by atoms with Gasteiger partial charge in [0.25, 0.3) is 0 Å².